The highest BCUT2D eigenvalue weighted by Gasteiger charge is 2.21. The van der Waals surface area contributed by atoms with E-state index < -0.39 is 0 Å². The van der Waals surface area contributed by atoms with Crippen molar-refractivity contribution in [2.45, 2.75) is 6.92 Å². The minimum absolute atomic E-state index is 0.887. The Morgan fingerprint density at radius 1 is 0.862 bits per heavy atom. The lowest BCUT2D eigenvalue weighted by atomic mass is 10.2. The van der Waals surface area contributed by atoms with Gasteiger partial charge in [-0.3, -0.25) is 4.90 Å². The molecule has 0 bridgehead atoms. The number of hydrogen-bond donors (Lipinski definition) is 0. The lowest BCUT2D eigenvalue weighted by Crippen LogP contribution is -2.47. The predicted molar refractivity (Wildman–Crippen MR) is 121 cm³/mol. The zero-order chi connectivity index (χ0) is 20.1. The Kier molecular flexibility index (Phi) is 6.42. The lowest BCUT2D eigenvalue weighted by molar-refractivity contribution is 0.283. The molecule has 2 saturated heterocycles. The van der Waals surface area contributed by atoms with Crippen LogP contribution in [0, 0.1) is 6.92 Å². The number of likely N-dealkylation sites (N-methyl/N-ethyl adjacent to an activating group) is 1. The van der Waals surface area contributed by atoms with Gasteiger partial charge in [0.2, 0.25) is 5.95 Å². The van der Waals surface area contributed by atoms with Crippen LogP contribution in [0.1, 0.15) is 11.3 Å². The van der Waals surface area contributed by atoms with E-state index in [2.05, 4.69) is 82.1 Å². The summed E-state index contributed by atoms with van der Waals surface area (Å²) in [6.45, 7) is 11.4. The maximum Gasteiger partial charge on any atom is 0.227 e. The largest absolute Gasteiger partial charge is 0.354 e. The number of benzene rings is 1. The second-order valence-electron chi connectivity index (χ2n) is 8.06. The fraction of sp³-hybridized carbons (Fsp3) is 0.478. The summed E-state index contributed by atoms with van der Waals surface area (Å²) in [6, 6.07) is 12.6. The van der Waals surface area contributed by atoms with Gasteiger partial charge in [-0.2, -0.15) is 4.98 Å². The minimum atomic E-state index is 0.887. The second-order valence-corrected chi connectivity index (χ2v) is 8.06. The SMILES string of the molecule is Cc1cc(N2CCN(C)CC2)nc(N2CCN(C/C=C/c3ccccc3)CC2)n1. The third-order valence-electron chi connectivity index (χ3n) is 5.78. The van der Waals surface area contributed by atoms with Crippen molar-refractivity contribution in [3.8, 4) is 0 Å². The van der Waals surface area contributed by atoms with Gasteiger partial charge >= 0.3 is 0 Å². The smallest absolute Gasteiger partial charge is 0.227 e. The Morgan fingerprint density at radius 3 is 2.28 bits per heavy atom. The number of aryl methyl sites for hydroxylation is 1. The highest BCUT2D eigenvalue weighted by molar-refractivity contribution is 5.49. The average Bonchev–Trinajstić information content (AvgIpc) is 2.75. The van der Waals surface area contributed by atoms with Crippen molar-refractivity contribution >= 4 is 17.8 Å². The number of hydrogen-bond acceptors (Lipinski definition) is 6. The van der Waals surface area contributed by atoms with Crippen molar-refractivity contribution in [3.63, 3.8) is 0 Å². The van der Waals surface area contributed by atoms with Gasteiger partial charge in [-0.25, -0.2) is 4.98 Å². The molecule has 6 nitrogen and oxygen atoms in total. The Hall–Kier alpha value is -2.44. The van der Waals surface area contributed by atoms with Crippen LogP contribution in [0.3, 0.4) is 0 Å². The van der Waals surface area contributed by atoms with E-state index >= 15 is 0 Å². The molecule has 0 saturated carbocycles. The molecule has 1 aromatic heterocycles. The molecule has 0 unspecified atom stereocenters. The summed E-state index contributed by atoms with van der Waals surface area (Å²) in [5.41, 5.74) is 2.31. The van der Waals surface area contributed by atoms with E-state index in [4.69, 9.17) is 9.97 Å². The monoisotopic (exact) mass is 392 g/mol. The highest BCUT2D eigenvalue weighted by Crippen LogP contribution is 2.20. The molecule has 6 heteroatoms. The standard InChI is InChI=1S/C23H32N6/c1-20-19-22(28-15-11-26(2)12-16-28)25-23(24-20)29-17-13-27(14-18-29)10-6-9-21-7-4-3-5-8-21/h3-9,19H,10-18H2,1-2H3/b9-6+. The van der Waals surface area contributed by atoms with Gasteiger partial charge in [0.1, 0.15) is 5.82 Å². The minimum Gasteiger partial charge on any atom is -0.354 e. The van der Waals surface area contributed by atoms with E-state index in [1.54, 1.807) is 0 Å². The molecule has 3 heterocycles. The van der Waals surface area contributed by atoms with Crippen LogP contribution in [0.15, 0.2) is 42.5 Å². The Labute approximate surface area is 174 Å². The summed E-state index contributed by atoms with van der Waals surface area (Å²) in [5.74, 6) is 1.97. The Morgan fingerprint density at radius 2 is 1.55 bits per heavy atom. The maximum atomic E-state index is 4.92. The first-order valence-electron chi connectivity index (χ1n) is 10.7. The van der Waals surface area contributed by atoms with Crippen LogP contribution in [0.2, 0.25) is 0 Å². The fourth-order valence-electron chi connectivity index (χ4n) is 3.91. The maximum absolute atomic E-state index is 4.92. The fourth-order valence-corrected chi connectivity index (χ4v) is 3.91. The quantitative estimate of drug-likeness (QED) is 0.778. The molecule has 2 aromatic rings. The van der Waals surface area contributed by atoms with E-state index in [9.17, 15) is 0 Å². The van der Waals surface area contributed by atoms with Crippen molar-refractivity contribution in [2.24, 2.45) is 0 Å². The van der Waals surface area contributed by atoms with Gasteiger partial charge in [-0.15, -0.1) is 0 Å². The number of nitrogens with zero attached hydrogens (tertiary/aromatic N) is 6. The van der Waals surface area contributed by atoms with E-state index in [1.165, 1.54) is 5.56 Å². The van der Waals surface area contributed by atoms with Crippen molar-refractivity contribution in [2.75, 3.05) is 75.8 Å². The number of aromatic nitrogens is 2. The Bertz CT molecular complexity index is 805. The second kappa shape index (κ2) is 9.37. The number of anilines is 2. The van der Waals surface area contributed by atoms with Crippen molar-refractivity contribution in [3.05, 3.63) is 53.7 Å². The highest BCUT2D eigenvalue weighted by atomic mass is 15.3. The summed E-state index contributed by atoms with van der Waals surface area (Å²) in [4.78, 5) is 19.3. The van der Waals surface area contributed by atoms with E-state index in [0.717, 1.165) is 76.4 Å². The lowest BCUT2D eigenvalue weighted by Gasteiger charge is -2.36. The zero-order valence-electron chi connectivity index (χ0n) is 17.7. The molecule has 2 fully saturated rings. The van der Waals surface area contributed by atoms with Crippen LogP contribution in [0.25, 0.3) is 6.08 Å². The van der Waals surface area contributed by atoms with E-state index in [1.807, 2.05) is 0 Å². The predicted octanol–water partition coefficient (Wildman–Crippen LogP) is 2.37. The van der Waals surface area contributed by atoms with Gasteiger partial charge in [0.15, 0.2) is 0 Å². The molecule has 4 rings (SSSR count). The summed E-state index contributed by atoms with van der Waals surface area (Å²) in [7, 11) is 2.18. The molecule has 0 spiro atoms. The number of rotatable bonds is 5. The number of piperazine rings is 2. The van der Waals surface area contributed by atoms with Gasteiger partial charge in [0, 0.05) is 70.7 Å². The molecule has 2 aliphatic rings. The molecular formula is C23H32N6. The molecule has 2 aliphatic heterocycles. The molecule has 0 radical (unpaired) electrons. The zero-order valence-corrected chi connectivity index (χ0v) is 17.7. The van der Waals surface area contributed by atoms with Crippen LogP contribution in [-0.2, 0) is 0 Å². The first-order valence-corrected chi connectivity index (χ1v) is 10.7. The molecule has 154 valence electrons. The molecule has 1 aromatic carbocycles. The summed E-state index contributed by atoms with van der Waals surface area (Å²) >= 11 is 0. The molecule has 0 aliphatic carbocycles. The van der Waals surface area contributed by atoms with Gasteiger partial charge in [-0.05, 0) is 19.5 Å². The summed E-state index contributed by atoms with van der Waals surface area (Å²) in [5, 5.41) is 0. The first kappa shape index (κ1) is 19.9. The molecule has 0 N–H and O–H groups in total. The first-order chi connectivity index (χ1) is 14.2. The summed E-state index contributed by atoms with van der Waals surface area (Å²) in [6.07, 6.45) is 4.47. The van der Waals surface area contributed by atoms with Gasteiger partial charge in [0.25, 0.3) is 0 Å². The van der Waals surface area contributed by atoms with Crippen molar-refractivity contribution < 1.29 is 0 Å². The van der Waals surface area contributed by atoms with Gasteiger partial charge in [-0.1, -0.05) is 42.5 Å². The molecule has 29 heavy (non-hydrogen) atoms. The van der Waals surface area contributed by atoms with E-state index in [0.29, 0.717) is 0 Å². The van der Waals surface area contributed by atoms with Gasteiger partial charge in [0.05, 0.1) is 0 Å². The topological polar surface area (TPSA) is 38.7 Å². The van der Waals surface area contributed by atoms with E-state index in [-0.39, 0.29) is 0 Å². The van der Waals surface area contributed by atoms with Crippen molar-refractivity contribution in [1.29, 1.82) is 0 Å². The van der Waals surface area contributed by atoms with Crippen LogP contribution >= 0.6 is 0 Å². The third kappa shape index (κ3) is 5.34. The third-order valence-corrected chi connectivity index (χ3v) is 5.78. The van der Waals surface area contributed by atoms with Crippen LogP contribution in [-0.4, -0.2) is 85.7 Å². The van der Waals surface area contributed by atoms with Crippen molar-refractivity contribution in [1.82, 2.24) is 19.8 Å². The molecular weight excluding hydrogens is 360 g/mol. The van der Waals surface area contributed by atoms with Gasteiger partial charge < -0.3 is 14.7 Å². The van der Waals surface area contributed by atoms with Crippen LogP contribution in [0.5, 0.6) is 0 Å². The Balaban J connectivity index is 1.33. The average molecular weight is 393 g/mol. The van der Waals surface area contributed by atoms with Crippen LogP contribution < -0.4 is 9.80 Å². The van der Waals surface area contributed by atoms with Crippen LogP contribution in [0.4, 0.5) is 11.8 Å². The molecule has 0 atom stereocenters. The summed E-state index contributed by atoms with van der Waals surface area (Å²) < 4.78 is 0. The molecule has 0 amide bonds. The normalized spacial score (nSPS) is 19.2.